The Balaban J connectivity index is 2.71. The van der Waals surface area contributed by atoms with E-state index in [4.69, 9.17) is 9.84 Å². The van der Waals surface area contributed by atoms with Gasteiger partial charge < -0.3 is 9.84 Å². The predicted molar refractivity (Wildman–Crippen MR) is 75.5 cm³/mol. The van der Waals surface area contributed by atoms with Crippen LogP contribution >= 0.6 is 0 Å². The van der Waals surface area contributed by atoms with Gasteiger partial charge in [-0.3, -0.25) is 0 Å². The molecule has 7 heteroatoms. The van der Waals surface area contributed by atoms with Gasteiger partial charge in [-0.2, -0.15) is 0 Å². The summed E-state index contributed by atoms with van der Waals surface area (Å²) < 4.78 is 27.4. The minimum absolute atomic E-state index is 0.0482. The van der Waals surface area contributed by atoms with Crippen molar-refractivity contribution in [2.24, 2.45) is 0 Å². The number of carboxylic acid groups (broad SMARTS) is 1. The molecule has 0 saturated carbocycles. The standard InChI is InChI=1S/C13H17NO5S/c1-10-4-6-12(11(14-10)5-7-13(15)16)19-8-3-9-20(2,17)18/h4-7H,3,8-9H2,1-2H3,(H,15,16). The Morgan fingerprint density at radius 2 is 2.15 bits per heavy atom. The molecule has 0 spiro atoms. The van der Waals surface area contributed by atoms with Gasteiger partial charge in [-0.15, -0.1) is 0 Å². The third kappa shape index (κ3) is 6.33. The molecule has 0 fully saturated rings. The molecule has 0 saturated heterocycles. The highest BCUT2D eigenvalue weighted by Gasteiger charge is 2.06. The number of pyridine rings is 1. The first-order valence-corrected chi connectivity index (χ1v) is 8.03. The fourth-order valence-electron chi connectivity index (χ4n) is 1.46. The number of hydrogen-bond acceptors (Lipinski definition) is 5. The number of carboxylic acids is 1. The molecule has 6 nitrogen and oxygen atoms in total. The molecular formula is C13H17NO5S. The lowest BCUT2D eigenvalue weighted by atomic mass is 10.2. The summed E-state index contributed by atoms with van der Waals surface area (Å²) in [4.78, 5) is 14.7. The van der Waals surface area contributed by atoms with E-state index in [9.17, 15) is 13.2 Å². The highest BCUT2D eigenvalue weighted by atomic mass is 32.2. The minimum Gasteiger partial charge on any atom is -0.491 e. The molecule has 110 valence electrons. The molecule has 0 aliphatic rings. The molecule has 1 N–H and O–H groups in total. The predicted octanol–water partition coefficient (Wildman–Crippen LogP) is 1.30. The van der Waals surface area contributed by atoms with Crippen LogP contribution in [0.15, 0.2) is 18.2 Å². The molecule has 0 aliphatic heterocycles. The Morgan fingerprint density at radius 1 is 1.45 bits per heavy atom. The van der Waals surface area contributed by atoms with Crippen LogP contribution in [0.4, 0.5) is 0 Å². The molecule has 0 radical (unpaired) electrons. The van der Waals surface area contributed by atoms with Crippen LogP contribution in [-0.2, 0) is 14.6 Å². The van der Waals surface area contributed by atoms with E-state index < -0.39 is 15.8 Å². The molecule has 0 aliphatic carbocycles. The van der Waals surface area contributed by atoms with Crippen molar-refractivity contribution in [2.75, 3.05) is 18.6 Å². The van der Waals surface area contributed by atoms with Crippen molar-refractivity contribution < 1.29 is 23.1 Å². The van der Waals surface area contributed by atoms with E-state index in [1.807, 2.05) is 0 Å². The van der Waals surface area contributed by atoms with Gasteiger partial charge in [-0.25, -0.2) is 18.2 Å². The van der Waals surface area contributed by atoms with Gasteiger partial charge in [0.05, 0.1) is 12.4 Å². The first-order valence-electron chi connectivity index (χ1n) is 5.97. The normalized spacial score (nSPS) is 11.7. The largest absolute Gasteiger partial charge is 0.491 e. The maximum absolute atomic E-state index is 11.0. The maximum atomic E-state index is 11.0. The number of nitrogens with zero attached hydrogens (tertiary/aromatic N) is 1. The monoisotopic (exact) mass is 299 g/mol. The lowest BCUT2D eigenvalue weighted by Crippen LogP contribution is -2.08. The Bertz CT molecular complexity index is 607. The van der Waals surface area contributed by atoms with Crippen LogP contribution in [0.2, 0.25) is 0 Å². The van der Waals surface area contributed by atoms with E-state index in [-0.39, 0.29) is 12.4 Å². The molecular weight excluding hydrogens is 282 g/mol. The Kier molecular flexibility index (Phi) is 5.69. The first kappa shape index (κ1) is 16.2. The van der Waals surface area contributed by atoms with Crippen LogP contribution in [-0.4, -0.2) is 43.1 Å². The van der Waals surface area contributed by atoms with Crippen LogP contribution in [0.25, 0.3) is 6.08 Å². The Morgan fingerprint density at radius 3 is 2.75 bits per heavy atom. The molecule has 0 bridgehead atoms. The fourth-order valence-corrected chi connectivity index (χ4v) is 2.10. The second kappa shape index (κ2) is 7.04. The van der Waals surface area contributed by atoms with E-state index in [0.717, 1.165) is 11.8 Å². The van der Waals surface area contributed by atoms with Crippen molar-refractivity contribution in [2.45, 2.75) is 13.3 Å². The molecule has 1 heterocycles. The fraction of sp³-hybridized carbons (Fsp3) is 0.385. The first-order chi connectivity index (χ1) is 9.28. The number of aromatic nitrogens is 1. The zero-order valence-corrected chi connectivity index (χ0v) is 12.2. The van der Waals surface area contributed by atoms with Gasteiger partial charge in [0.2, 0.25) is 0 Å². The third-order valence-electron chi connectivity index (χ3n) is 2.33. The smallest absolute Gasteiger partial charge is 0.328 e. The topological polar surface area (TPSA) is 93.6 Å². The molecule has 0 atom stereocenters. The van der Waals surface area contributed by atoms with Gasteiger partial charge in [0.1, 0.15) is 21.3 Å². The summed E-state index contributed by atoms with van der Waals surface area (Å²) in [6.07, 6.45) is 3.86. The third-order valence-corrected chi connectivity index (χ3v) is 3.36. The van der Waals surface area contributed by atoms with Gasteiger partial charge >= 0.3 is 5.97 Å². The SMILES string of the molecule is Cc1ccc(OCCCS(C)(=O)=O)c(C=CC(=O)O)n1. The quantitative estimate of drug-likeness (QED) is 0.602. The number of aliphatic carboxylic acids is 1. The van der Waals surface area contributed by atoms with E-state index in [1.165, 1.54) is 12.3 Å². The number of ether oxygens (including phenoxy) is 1. The molecule has 1 aromatic heterocycles. The van der Waals surface area contributed by atoms with E-state index in [1.54, 1.807) is 19.1 Å². The van der Waals surface area contributed by atoms with Crippen LogP contribution in [0.5, 0.6) is 5.75 Å². The zero-order valence-electron chi connectivity index (χ0n) is 11.4. The number of aryl methyl sites for hydroxylation is 1. The number of hydrogen-bond donors (Lipinski definition) is 1. The maximum Gasteiger partial charge on any atom is 0.328 e. The Labute approximate surface area is 118 Å². The average molecular weight is 299 g/mol. The lowest BCUT2D eigenvalue weighted by Gasteiger charge is -2.09. The second-order valence-electron chi connectivity index (χ2n) is 4.34. The highest BCUT2D eigenvalue weighted by Crippen LogP contribution is 2.18. The summed E-state index contributed by atoms with van der Waals surface area (Å²) in [7, 11) is -3.00. The summed E-state index contributed by atoms with van der Waals surface area (Å²) in [6.45, 7) is 2.01. The van der Waals surface area contributed by atoms with E-state index in [2.05, 4.69) is 4.98 Å². The number of sulfone groups is 1. The van der Waals surface area contributed by atoms with E-state index in [0.29, 0.717) is 17.9 Å². The summed E-state index contributed by atoms with van der Waals surface area (Å²) in [5, 5.41) is 8.62. The van der Waals surface area contributed by atoms with Crippen molar-refractivity contribution in [3.8, 4) is 5.75 Å². The summed E-state index contributed by atoms with van der Waals surface area (Å²) in [5.41, 5.74) is 1.14. The van der Waals surface area contributed by atoms with Crippen LogP contribution in [0.3, 0.4) is 0 Å². The van der Waals surface area contributed by atoms with E-state index >= 15 is 0 Å². The second-order valence-corrected chi connectivity index (χ2v) is 6.60. The van der Waals surface area contributed by atoms with Crippen molar-refractivity contribution in [3.63, 3.8) is 0 Å². The molecule has 1 aromatic rings. The lowest BCUT2D eigenvalue weighted by molar-refractivity contribution is -0.131. The summed E-state index contributed by atoms with van der Waals surface area (Å²) in [5.74, 6) is -0.593. The van der Waals surface area contributed by atoms with Crippen molar-refractivity contribution in [1.82, 2.24) is 4.98 Å². The van der Waals surface area contributed by atoms with Gasteiger partial charge in [0, 0.05) is 18.0 Å². The van der Waals surface area contributed by atoms with Gasteiger partial charge in [-0.05, 0) is 31.6 Å². The molecule has 1 rings (SSSR count). The average Bonchev–Trinajstić information content (AvgIpc) is 2.32. The van der Waals surface area contributed by atoms with Crippen molar-refractivity contribution in [1.29, 1.82) is 0 Å². The Hall–Kier alpha value is -1.89. The molecule has 20 heavy (non-hydrogen) atoms. The zero-order chi connectivity index (χ0) is 15.2. The number of rotatable bonds is 7. The molecule has 0 unspecified atom stereocenters. The van der Waals surface area contributed by atoms with Crippen LogP contribution < -0.4 is 4.74 Å². The number of carbonyl (C=O) groups is 1. The van der Waals surface area contributed by atoms with Crippen molar-refractivity contribution >= 4 is 21.9 Å². The highest BCUT2D eigenvalue weighted by molar-refractivity contribution is 7.90. The van der Waals surface area contributed by atoms with Gasteiger partial charge in [0.15, 0.2) is 0 Å². The summed E-state index contributed by atoms with van der Waals surface area (Å²) in [6, 6.07) is 3.42. The molecule has 0 aromatic carbocycles. The van der Waals surface area contributed by atoms with Crippen LogP contribution in [0.1, 0.15) is 17.8 Å². The van der Waals surface area contributed by atoms with Gasteiger partial charge in [-0.1, -0.05) is 0 Å². The van der Waals surface area contributed by atoms with Crippen molar-refractivity contribution in [3.05, 3.63) is 29.6 Å². The van der Waals surface area contributed by atoms with Gasteiger partial charge in [0.25, 0.3) is 0 Å². The van der Waals surface area contributed by atoms with Crippen LogP contribution in [0, 0.1) is 6.92 Å². The summed E-state index contributed by atoms with van der Waals surface area (Å²) >= 11 is 0. The molecule has 0 amide bonds. The minimum atomic E-state index is -3.00.